The molecule has 4 rings (SSSR count). The van der Waals surface area contributed by atoms with Gasteiger partial charge in [0.25, 0.3) is 5.91 Å². The number of rotatable bonds is 5. The van der Waals surface area contributed by atoms with Gasteiger partial charge in [-0.15, -0.1) is 0 Å². The second-order valence-corrected chi connectivity index (χ2v) is 11.1. The number of pyridine rings is 1. The molecule has 1 fully saturated rings. The molecule has 0 unspecified atom stereocenters. The largest absolute Gasteiger partial charge is 0.366 e. The zero-order chi connectivity index (χ0) is 22.6. The average molecular weight is 461 g/mol. The number of sulfonamides is 1. The Morgan fingerprint density at radius 2 is 1.87 bits per heavy atom. The number of halogens is 1. The predicted octanol–water partition coefficient (Wildman–Crippen LogP) is 4.26. The maximum absolute atomic E-state index is 12.7. The number of nitrogens with two attached hydrogens (primary N) is 1. The van der Waals surface area contributed by atoms with Crippen LogP contribution in [0.1, 0.15) is 56.4 Å². The number of fused-ring (bicyclic) bond motifs is 1. The smallest absolute Gasteiger partial charge is 0.251 e. The van der Waals surface area contributed by atoms with Crippen LogP contribution in [-0.4, -0.2) is 29.4 Å². The van der Waals surface area contributed by atoms with Gasteiger partial charge in [0.1, 0.15) is 5.65 Å². The monoisotopic (exact) mass is 460 g/mol. The zero-order valence-electron chi connectivity index (χ0n) is 17.6. The summed E-state index contributed by atoms with van der Waals surface area (Å²) < 4.78 is 30.0. The molecule has 2 heterocycles. The molecule has 1 aromatic carbocycles. The topological polar surface area (TPSA) is 107 Å². The fraction of sp³-hybridized carbons (Fsp3) is 0.364. The predicted molar refractivity (Wildman–Crippen MR) is 122 cm³/mol. The van der Waals surface area contributed by atoms with Crippen molar-refractivity contribution in [1.82, 2.24) is 14.3 Å². The first-order valence-corrected chi connectivity index (χ1v) is 12.0. The van der Waals surface area contributed by atoms with Crippen LogP contribution in [0.25, 0.3) is 22.3 Å². The Morgan fingerprint density at radius 1 is 1.23 bits per heavy atom. The van der Waals surface area contributed by atoms with E-state index < -0.39 is 21.5 Å². The molecule has 1 saturated carbocycles. The van der Waals surface area contributed by atoms with Crippen LogP contribution in [0.3, 0.4) is 0 Å². The van der Waals surface area contributed by atoms with Crippen molar-refractivity contribution in [2.24, 2.45) is 5.73 Å². The summed E-state index contributed by atoms with van der Waals surface area (Å²) in [5.74, 6) is -0.576. The fourth-order valence-corrected chi connectivity index (χ4v) is 5.53. The molecule has 1 amide bonds. The first-order chi connectivity index (χ1) is 14.5. The van der Waals surface area contributed by atoms with Crippen LogP contribution in [-0.2, 0) is 10.0 Å². The van der Waals surface area contributed by atoms with Crippen LogP contribution < -0.4 is 10.5 Å². The Labute approximate surface area is 186 Å². The Bertz CT molecular complexity index is 1270. The van der Waals surface area contributed by atoms with Crippen molar-refractivity contribution in [3.05, 3.63) is 47.1 Å². The molecule has 3 N–H and O–H groups in total. The van der Waals surface area contributed by atoms with Crippen molar-refractivity contribution in [3.63, 3.8) is 0 Å². The Kier molecular flexibility index (Phi) is 5.36. The van der Waals surface area contributed by atoms with E-state index in [4.69, 9.17) is 17.3 Å². The van der Waals surface area contributed by atoms with E-state index in [9.17, 15) is 13.2 Å². The van der Waals surface area contributed by atoms with Crippen molar-refractivity contribution in [3.8, 4) is 11.3 Å². The van der Waals surface area contributed by atoms with Crippen molar-refractivity contribution in [2.45, 2.75) is 56.5 Å². The first-order valence-electron chi connectivity index (χ1n) is 10.1. The average Bonchev–Trinajstić information content (AvgIpc) is 2.92. The number of benzene rings is 1. The number of primary amides is 1. The SMILES string of the molecule is CC(C)(C)NS(=O)(=O)c1ccc(-c2c(C(N)=O)c3cc(Cl)cnc3n2C2CCC2)cc1. The quantitative estimate of drug-likeness (QED) is 0.593. The van der Waals surface area contributed by atoms with E-state index in [1.54, 1.807) is 45.2 Å². The molecule has 0 aliphatic heterocycles. The Morgan fingerprint density at radius 3 is 2.39 bits per heavy atom. The highest BCUT2D eigenvalue weighted by Crippen LogP contribution is 2.42. The van der Waals surface area contributed by atoms with E-state index >= 15 is 0 Å². The highest BCUT2D eigenvalue weighted by Gasteiger charge is 2.30. The van der Waals surface area contributed by atoms with E-state index in [2.05, 4.69) is 9.71 Å². The van der Waals surface area contributed by atoms with Crippen LogP contribution in [0.4, 0.5) is 0 Å². The normalized spacial score (nSPS) is 15.2. The van der Waals surface area contributed by atoms with Crippen molar-refractivity contribution < 1.29 is 13.2 Å². The molecule has 2 aromatic heterocycles. The van der Waals surface area contributed by atoms with Gasteiger partial charge >= 0.3 is 0 Å². The van der Waals surface area contributed by atoms with Gasteiger partial charge in [-0.25, -0.2) is 18.1 Å². The van der Waals surface area contributed by atoms with Crippen LogP contribution in [0.15, 0.2) is 41.4 Å². The van der Waals surface area contributed by atoms with Gasteiger partial charge < -0.3 is 10.3 Å². The molecule has 31 heavy (non-hydrogen) atoms. The molecule has 1 aliphatic carbocycles. The molecule has 0 spiro atoms. The minimum Gasteiger partial charge on any atom is -0.366 e. The molecule has 0 atom stereocenters. The van der Waals surface area contributed by atoms with Crippen LogP contribution in [0, 0.1) is 0 Å². The molecule has 164 valence electrons. The highest BCUT2D eigenvalue weighted by molar-refractivity contribution is 7.89. The van der Waals surface area contributed by atoms with Crippen molar-refractivity contribution >= 4 is 38.6 Å². The van der Waals surface area contributed by atoms with Crippen molar-refractivity contribution in [2.75, 3.05) is 0 Å². The van der Waals surface area contributed by atoms with Crippen LogP contribution in [0.2, 0.25) is 5.02 Å². The van der Waals surface area contributed by atoms with E-state index in [-0.39, 0.29) is 10.9 Å². The molecule has 7 nitrogen and oxygen atoms in total. The third-order valence-corrected chi connectivity index (χ3v) is 7.35. The summed E-state index contributed by atoms with van der Waals surface area (Å²) in [5, 5.41) is 1.02. The third kappa shape index (κ3) is 4.07. The fourth-order valence-electron chi connectivity index (χ4n) is 3.95. The zero-order valence-corrected chi connectivity index (χ0v) is 19.2. The summed E-state index contributed by atoms with van der Waals surface area (Å²) in [6.07, 6.45) is 4.60. The second-order valence-electron chi connectivity index (χ2n) is 8.95. The minimum absolute atomic E-state index is 0.152. The lowest BCUT2D eigenvalue weighted by molar-refractivity contribution is 0.100. The minimum atomic E-state index is -3.67. The molecule has 1 aliphatic rings. The number of carbonyl (C=O) groups excluding carboxylic acids is 1. The molecular weight excluding hydrogens is 436 g/mol. The molecule has 3 aromatic rings. The Hall–Kier alpha value is -2.42. The molecule has 0 saturated heterocycles. The van der Waals surface area contributed by atoms with Gasteiger partial charge in [-0.05, 0) is 63.8 Å². The van der Waals surface area contributed by atoms with Gasteiger partial charge in [0.15, 0.2) is 0 Å². The number of carbonyl (C=O) groups is 1. The van der Waals surface area contributed by atoms with Gasteiger partial charge in [-0.1, -0.05) is 23.7 Å². The number of amides is 1. The number of nitrogens with zero attached hydrogens (tertiary/aromatic N) is 2. The second kappa shape index (κ2) is 7.62. The molecule has 0 bridgehead atoms. The van der Waals surface area contributed by atoms with Gasteiger partial charge in [-0.3, -0.25) is 4.79 Å². The number of hydrogen-bond donors (Lipinski definition) is 2. The van der Waals surface area contributed by atoms with Gasteiger partial charge in [0.2, 0.25) is 10.0 Å². The summed E-state index contributed by atoms with van der Waals surface area (Å²) >= 11 is 6.16. The lowest BCUT2D eigenvalue weighted by Crippen LogP contribution is -2.40. The van der Waals surface area contributed by atoms with E-state index in [0.717, 1.165) is 19.3 Å². The van der Waals surface area contributed by atoms with E-state index in [1.807, 2.05) is 4.57 Å². The van der Waals surface area contributed by atoms with E-state index in [0.29, 0.717) is 32.9 Å². The lowest BCUT2D eigenvalue weighted by Gasteiger charge is -2.29. The summed E-state index contributed by atoms with van der Waals surface area (Å²) in [5.41, 5.74) is 7.53. The summed E-state index contributed by atoms with van der Waals surface area (Å²) in [6, 6.07) is 8.39. The number of aromatic nitrogens is 2. The molecular formula is C22H25ClN4O3S. The summed E-state index contributed by atoms with van der Waals surface area (Å²) in [6.45, 7) is 5.35. The van der Waals surface area contributed by atoms with Gasteiger partial charge in [0, 0.05) is 23.2 Å². The third-order valence-electron chi connectivity index (χ3n) is 5.37. The lowest BCUT2D eigenvalue weighted by atomic mass is 9.92. The number of nitrogens with one attached hydrogen (secondary N) is 1. The first kappa shape index (κ1) is 21.8. The standard InChI is InChI=1S/C22H25ClN4O3S/c1-22(2,3)26-31(29,30)16-9-7-13(8-10-16)19-18(20(24)28)17-11-14(23)12-25-21(17)27(19)15-5-4-6-15/h7-12,15,26H,4-6H2,1-3H3,(H2,24,28). The maximum atomic E-state index is 12.7. The maximum Gasteiger partial charge on any atom is 0.251 e. The van der Waals surface area contributed by atoms with Gasteiger partial charge in [-0.2, -0.15) is 0 Å². The van der Waals surface area contributed by atoms with E-state index in [1.165, 1.54) is 12.1 Å². The molecule has 0 radical (unpaired) electrons. The van der Waals surface area contributed by atoms with Crippen LogP contribution >= 0.6 is 11.6 Å². The number of hydrogen-bond acceptors (Lipinski definition) is 4. The van der Waals surface area contributed by atoms with Crippen LogP contribution in [0.5, 0.6) is 0 Å². The van der Waals surface area contributed by atoms with Gasteiger partial charge in [0.05, 0.1) is 21.2 Å². The Balaban J connectivity index is 1.90. The molecule has 9 heteroatoms. The highest BCUT2D eigenvalue weighted by atomic mass is 35.5. The summed E-state index contributed by atoms with van der Waals surface area (Å²) in [7, 11) is -3.67. The summed E-state index contributed by atoms with van der Waals surface area (Å²) in [4.78, 5) is 17.1. The van der Waals surface area contributed by atoms with Crippen molar-refractivity contribution in [1.29, 1.82) is 0 Å².